The summed E-state index contributed by atoms with van der Waals surface area (Å²) < 4.78 is 5.42. The lowest BCUT2D eigenvalue weighted by molar-refractivity contribution is -0.125. The number of rotatable bonds is 6. The van der Waals surface area contributed by atoms with Crippen molar-refractivity contribution in [3.63, 3.8) is 0 Å². The minimum absolute atomic E-state index is 0.0785. The lowest BCUT2D eigenvalue weighted by Crippen LogP contribution is -2.30. The normalized spacial score (nSPS) is 12.1. The first kappa shape index (κ1) is 12.9. The van der Waals surface area contributed by atoms with Crippen molar-refractivity contribution in [3.05, 3.63) is 30.1 Å². The van der Waals surface area contributed by atoms with Crippen LogP contribution >= 0.6 is 11.6 Å². The maximum atomic E-state index is 11.3. The smallest absolute Gasteiger partial charge is 0.222 e. The van der Waals surface area contributed by atoms with E-state index in [1.54, 1.807) is 19.2 Å². The van der Waals surface area contributed by atoms with Gasteiger partial charge in [-0.1, -0.05) is 13.0 Å². The quantitative estimate of drug-likeness (QED) is 0.612. The van der Waals surface area contributed by atoms with Crippen LogP contribution in [0.15, 0.2) is 24.4 Å². The summed E-state index contributed by atoms with van der Waals surface area (Å²) in [6.07, 6.45) is 1.55. The van der Waals surface area contributed by atoms with Crippen molar-refractivity contribution in [2.24, 2.45) is 0 Å². The number of hydrogen-bond donors (Lipinski definition) is 1. The van der Waals surface area contributed by atoms with Gasteiger partial charge in [0.1, 0.15) is 0 Å². The monoisotopic (exact) mass is 242 g/mol. The van der Waals surface area contributed by atoms with Gasteiger partial charge in [-0.05, 0) is 12.1 Å². The second kappa shape index (κ2) is 7.19. The molecule has 0 aliphatic carbocycles. The van der Waals surface area contributed by atoms with Crippen molar-refractivity contribution in [2.75, 3.05) is 12.5 Å². The predicted octanol–water partition coefficient (Wildman–Crippen LogP) is 1.86. The van der Waals surface area contributed by atoms with E-state index in [2.05, 4.69) is 10.3 Å². The van der Waals surface area contributed by atoms with Crippen LogP contribution in [0.2, 0.25) is 0 Å². The van der Waals surface area contributed by atoms with Gasteiger partial charge in [0, 0.05) is 18.5 Å². The fraction of sp³-hybridized carbons (Fsp3) is 0.455. The molecule has 5 heteroatoms. The van der Waals surface area contributed by atoms with Crippen LogP contribution < -0.4 is 5.32 Å². The Kier molecular flexibility index (Phi) is 5.82. The summed E-state index contributed by atoms with van der Waals surface area (Å²) in [4.78, 5) is 15.4. The molecule has 1 aromatic heterocycles. The molecule has 1 rings (SSSR count). The highest BCUT2D eigenvalue weighted by Gasteiger charge is 2.14. The SMILES string of the molecule is CCC(=O)NC(OCCCl)c1ccccn1. The summed E-state index contributed by atoms with van der Waals surface area (Å²) in [5, 5.41) is 2.74. The van der Waals surface area contributed by atoms with Gasteiger partial charge in [0.2, 0.25) is 5.91 Å². The molecule has 0 radical (unpaired) electrons. The standard InChI is InChI=1S/C11H15ClN2O2/c1-2-10(15)14-11(16-8-6-12)9-5-3-4-7-13-9/h3-5,7,11H,2,6,8H2,1H3,(H,14,15). The van der Waals surface area contributed by atoms with E-state index >= 15 is 0 Å². The molecule has 1 atom stereocenters. The zero-order chi connectivity index (χ0) is 11.8. The Morgan fingerprint density at radius 1 is 1.62 bits per heavy atom. The Morgan fingerprint density at radius 2 is 2.44 bits per heavy atom. The minimum Gasteiger partial charge on any atom is -0.351 e. The number of aromatic nitrogens is 1. The summed E-state index contributed by atoms with van der Waals surface area (Å²) >= 11 is 5.55. The van der Waals surface area contributed by atoms with Crippen molar-refractivity contribution in [3.8, 4) is 0 Å². The first-order valence-corrected chi connectivity index (χ1v) is 5.69. The van der Waals surface area contributed by atoms with Crippen molar-refractivity contribution in [1.29, 1.82) is 0 Å². The van der Waals surface area contributed by atoms with Gasteiger partial charge in [-0.15, -0.1) is 11.6 Å². The maximum absolute atomic E-state index is 11.3. The molecule has 0 saturated heterocycles. The lowest BCUT2D eigenvalue weighted by atomic mass is 10.3. The molecule has 1 aromatic rings. The van der Waals surface area contributed by atoms with Crippen LogP contribution in [0.3, 0.4) is 0 Å². The Balaban J connectivity index is 2.67. The predicted molar refractivity (Wildman–Crippen MR) is 62.1 cm³/mol. The Bertz CT molecular complexity index is 319. The number of ether oxygens (including phenoxy) is 1. The van der Waals surface area contributed by atoms with E-state index in [9.17, 15) is 4.79 Å². The van der Waals surface area contributed by atoms with Gasteiger partial charge in [0.15, 0.2) is 6.23 Å². The lowest BCUT2D eigenvalue weighted by Gasteiger charge is -2.17. The summed E-state index contributed by atoms with van der Waals surface area (Å²) in [7, 11) is 0. The summed E-state index contributed by atoms with van der Waals surface area (Å²) in [6, 6.07) is 5.45. The second-order valence-corrected chi connectivity index (χ2v) is 3.49. The fourth-order valence-corrected chi connectivity index (χ4v) is 1.23. The summed E-state index contributed by atoms with van der Waals surface area (Å²) in [6.45, 7) is 2.15. The maximum Gasteiger partial charge on any atom is 0.222 e. The first-order chi connectivity index (χ1) is 7.77. The van der Waals surface area contributed by atoms with Crippen molar-refractivity contribution < 1.29 is 9.53 Å². The summed E-state index contributed by atoms with van der Waals surface area (Å²) in [5.74, 6) is 0.302. The average Bonchev–Trinajstić information content (AvgIpc) is 2.35. The molecule has 1 amide bonds. The van der Waals surface area contributed by atoms with Crippen LogP contribution in [0, 0.1) is 0 Å². The molecule has 16 heavy (non-hydrogen) atoms. The van der Waals surface area contributed by atoms with Crippen molar-refractivity contribution in [1.82, 2.24) is 10.3 Å². The Labute approximate surface area is 100.0 Å². The van der Waals surface area contributed by atoms with Crippen LogP contribution in [0.25, 0.3) is 0 Å². The minimum atomic E-state index is -0.521. The van der Waals surface area contributed by atoms with E-state index in [0.29, 0.717) is 24.6 Å². The third-order valence-corrected chi connectivity index (χ3v) is 2.09. The molecule has 1 heterocycles. The third-order valence-electron chi connectivity index (χ3n) is 1.93. The number of amides is 1. The molecular formula is C11H15ClN2O2. The van der Waals surface area contributed by atoms with Crippen molar-refractivity contribution in [2.45, 2.75) is 19.6 Å². The highest BCUT2D eigenvalue weighted by atomic mass is 35.5. The van der Waals surface area contributed by atoms with Gasteiger partial charge < -0.3 is 10.1 Å². The first-order valence-electron chi connectivity index (χ1n) is 5.15. The zero-order valence-electron chi connectivity index (χ0n) is 9.15. The van der Waals surface area contributed by atoms with Gasteiger partial charge >= 0.3 is 0 Å². The second-order valence-electron chi connectivity index (χ2n) is 3.12. The molecule has 88 valence electrons. The van der Waals surface area contributed by atoms with E-state index in [1.807, 2.05) is 12.1 Å². The largest absolute Gasteiger partial charge is 0.351 e. The van der Waals surface area contributed by atoms with Crippen LogP contribution in [-0.2, 0) is 9.53 Å². The van der Waals surface area contributed by atoms with Gasteiger partial charge in [-0.3, -0.25) is 9.78 Å². The van der Waals surface area contributed by atoms with Crippen LogP contribution in [0.5, 0.6) is 0 Å². The number of carbonyl (C=O) groups excluding carboxylic acids is 1. The van der Waals surface area contributed by atoms with E-state index in [0.717, 1.165) is 0 Å². The number of hydrogen-bond acceptors (Lipinski definition) is 3. The van der Waals surface area contributed by atoms with Crippen LogP contribution in [0.4, 0.5) is 0 Å². The highest BCUT2D eigenvalue weighted by Crippen LogP contribution is 2.11. The molecule has 0 saturated carbocycles. The zero-order valence-corrected chi connectivity index (χ0v) is 9.91. The molecule has 0 aliphatic heterocycles. The average molecular weight is 243 g/mol. The van der Waals surface area contributed by atoms with E-state index in [1.165, 1.54) is 0 Å². The fourth-order valence-electron chi connectivity index (χ4n) is 1.14. The highest BCUT2D eigenvalue weighted by molar-refractivity contribution is 6.17. The molecule has 0 aromatic carbocycles. The number of carbonyl (C=O) groups is 1. The number of nitrogens with zero attached hydrogens (tertiary/aromatic N) is 1. The topological polar surface area (TPSA) is 51.2 Å². The number of halogens is 1. The van der Waals surface area contributed by atoms with Crippen LogP contribution in [0.1, 0.15) is 25.3 Å². The van der Waals surface area contributed by atoms with Crippen LogP contribution in [-0.4, -0.2) is 23.4 Å². The van der Waals surface area contributed by atoms with Gasteiger partial charge in [-0.25, -0.2) is 0 Å². The molecule has 1 N–H and O–H groups in total. The van der Waals surface area contributed by atoms with E-state index < -0.39 is 6.23 Å². The molecule has 0 spiro atoms. The molecule has 0 aliphatic rings. The van der Waals surface area contributed by atoms with Gasteiger partial charge in [0.05, 0.1) is 12.3 Å². The summed E-state index contributed by atoms with van der Waals surface area (Å²) in [5.41, 5.74) is 0.675. The van der Waals surface area contributed by atoms with Crippen molar-refractivity contribution >= 4 is 17.5 Å². The number of pyridine rings is 1. The Hall–Kier alpha value is -1.13. The molecular weight excluding hydrogens is 228 g/mol. The molecule has 0 fully saturated rings. The van der Waals surface area contributed by atoms with E-state index in [4.69, 9.17) is 16.3 Å². The molecule has 4 nitrogen and oxygen atoms in total. The van der Waals surface area contributed by atoms with E-state index in [-0.39, 0.29) is 5.91 Å². The van der Waals surface area contributed by atoms with Gasteiger partial charge in [-0.2, -0.15) is 0 Å². The number of alkyl halides is 1. The Morgan fingerprint density at radius 3 is 3.00 bits per heavy atom. The van der Waals surface area contributed by atoms with Gasteiger partial charge in [0.25, 0.3) is 0 Å². The number of nitrogens with one attached hydrogen (secondary N) is 1. The third kappa shape index (κ3) is 4.16. The molecule has 1 unspecified atom stereocenters. The molecule has 0 bridgehead atoms.